The quantitative estimate of drug-likeness (QED) is 0.465. The minimum Gasteiger partial charge on any atom is -0.481 e. The van der Waals surface area contributed by atoms with E-state index in [0.717, 1.165) is 71.2 Å². The molecule has 3 heterocycles. The van der Waals surface area contributed by atoms with Crippen molar-refractivity contribution in [1.82, 2.24) is 20.2 Å². The molecular weight excluding hydrogens is 513 g/mol. The molecule has 10 heteroatoms. The molecule has 2 aliphatic heterocycles. The number of carboxylic acids is 1. The highest BCUT2D eigenvalue weighted by molar-refractivity contribution is 5.97. The highest BCUT2D eigenvalue weighted by Crippen LogP contribution is 2.45. The van der Waals surface area contributed by atoms with Crippen molar-refractivity contribution in [2.75, 3.05) is 44.2 Å². The maximum Gasteiger partial charge on any atom is 0.306 e. The first-order valence-corrected chi connectivity index (χ1v) is 14.5. The highest BCUT2D eigenvalue weighted by atomic mass is 19.1. The fraction of sp³-hybridized carbons (Fsp3) is 0.600. The van der Waals surface area contributed by atoms with E-state index in [9.17, 15) is 19.1 Å². The summed E-state index contributed by atoms with van der Waals surface area (Å²) in [7, 11) is 0. The zero-order valence-electron chi connectivity index (χ0n) is 23.4. The maximum absolute atomic E-state index is 14.0. The molecule has 216 valence electrons. The van der Waals surface area contributed by atoms with Crippen molar-refractivity contribution in [2.45, 2.75) is 52.4 Å². The number of hydrogen-bond donors (Lipinski definition) is 2. The Labute approximate surface area is 235 Å². The van der Waals surface area contributed by atoms with E-state index in [2.05, 4.69) is 25.1 Å². The summed E-state index contributed by atoms with van der Waals surface area (Å²) >= 11 is 0. The monoisotopic (exact) mass is 553 g/mol. The fourth-order valence-electron chi connectivity index (χ4n) is 6.30. The van der Waals surface area contributed by atoms with Crippen molar-refractivity contribution >= 4 is 17.7 Å². The Morgan fingerprint density at radius 1 is 1.15 bits per heavy atom. The molecule has 9 nitrogen and oxygen atoms in total. The Morgan fingerprint density at radius 2 is 1.88 bits per heavy atom. The number of likely N-dealkylation sites (tertiary alicyclic amines) is 1. The Balaban J connectivity index is 1.17. The van der Waals surface area contributed by atoms with Crippen molar-refractivity contribution in [3.05, 3.63) is 42.1 Å². The van der Waals surface area contributed by atoms with Gasteiger partial charge in [0.05, 0.1) is 17.7 Å². The largest absolute Gasteiger partial charge is 0.481 e. The smallest absolute Gasteiger partial charge is 0.306 e. The molecule has 3 aliphatic rings. The van der Waals surface area contributed by atoms with Crippen LogP contribution in [-0.4, -0.2) is 71.1 Å². The minimum atomic E-state index is -0.643. The average Bonchev–Trinajstić information content (AvgIpc) is 2.92. The van der Waals surface area contributed by atoms with Gasteiger partial charge in [-0.3, -0.25) is 9.59 Å². The standard InChI is InChI=1S/C30H40FN5O4/c1-20(2)14-33-28(37)24-13-23(31)7-8-25(24)40-26-15-32-19-34-27(26)36-17-30(18-36)9-11-35(12-10-30)16-21-3-5-22(6-4-21)29(38)39/h7-8,13,15,19-22H,3-6,9-12,14,16-18H2,1-2H3,(H,33,37)(H,38,39). The molecule has 0 radical (unpaired) electrons. The van der Waals surface area contributed by atoms with Gasteiger partial charge in [-0.15, -0.1) is 0 Å². The molecule has 1 spiro atoms. The predicted octanol–water partition coefficient (Wildman–Crippen LogP) is 4.59. The van der Waals surface area contributed by atoms with Gasteiger partial charge < -0.3 is 25.0 Å². The van der Waals surface area contributed by atoms with Crippen LogP contribution in [0.5, 0.6) is 11.5 Å². The number of rotatable bonds is 9. The van der Waals surface area contributed by atoms with E-state index >= 15 is 0 Å². The lowest BCUT2D eigenvalue weighted by molar-refractivity contribution is -0.143. The Hall–Kier alpha value is -3.27. The van der Waals surface area contributed by atoms with Gasteiger partial charge in [-0.05, 0) is 81.6 Å². The highest BCUT2D eigenvalue weighted by Gasteiger charge is 2.46. The number of amides is 1. The summed E-state index contributed by atoms with van der Waals surface area (Å²) in [4.78, 5) is 37.4. The lowest BCUT2D eigenvalue weighted by Crippen LogP contribution is -2.61. The first-order valence-electron chi connectivity index (χ1n) is 14.5. The Morgan fingerprint density at radius 3 is 2.55 bits per heavy atom. The van der Waals surface area contributed by atoms with Crippen LogP contribution >= 0.6 is 0 Å². The molecule has 1 aromatic carbocycles. The zero-order chi connectivity index (χ0) is 28.3. The van der Waals surface area contributed by atoms with Gasteiger partial charge >= 0.3 is 5.97 Å². The van der Waals surface area contributed by atoms with Crippen LogP contribution in [0.3, 0.4) is 0 Å². The second-order valence-corrected chi connectivity index (χ2v) is 12.3. The number of aromatic nitrogens is 2. The van der Waals surface area contributed by atoms with Crippen molar-refractivity contribution in [3.63, 3.8) is 0 Å². The number of anilines is 1. The van der Waals surface area contributed by atoms with Crippen LogP contribution in [0.2, 0.25) is 0 Å². The third-order valence-electron chi connectivity index (χ3n) is 8.72. The van der Waals surface area contributed by atoms with Crippen molar-refractivity contribution < 1.29 is 23.8 Å². The lowest BCUT2D eigenvalue weighted by Gasteiger charge is -2.54. The van der Waals surface area contributed by atoms with Gasteiger partial charge in [-0.25, -0.2) is 14.4 Å². The van der Waals surface area contributed by atoms with Crippen molar-refractivity contribution in [2.24, 2.45) is 23.2 Å². The second-order valence-electron chi connectivity index (χ2n) is 12.3. The number of nitrogens with one attached hydrogen (secondary N) is 1. The minimum absolute atomic E-state index is 0.138. The molecule has 2 aromatic rings. The molecule has 1 amide bonds. The molecule has 0 bridgehead atoms. The van der Waals surface area contributed by atoms with Gasteiger partial charge in [0.2, 0.25) is 0 Å². The Bertz CT molecular complexity index is 1200. The molecule has 1 saturated carbocycles. The number of carbonyl (C=O) groups is 2. The van der Waals surface area contributed by atoms with Crippen molar-refractivity contribution in [1.29, 1.82) is 0 Å². The molecular formula is C30H40FN5O4. The van der Waals surface area contributed by atoms with E-state index in [4.69, 9.17) is 4.74 Å². The van der Waals surface area contributed by atoms with E-state index in [1.165, 1.54) is 24.5 Å². The Kier molecular flexibility index (Phi) is 8.54. The third kappa shape index (κ3) is 6.54. The van der Waals surface area contributed by atoms with Gasteiger partial charge in [-0.1, -0.05) is 13.8 Å². The summed E-state index contributed by atoms with van der Waals surface area (Å²) in [6.07, 6.45) is 8.96. The molecule has 0 unspecified atom stereocenters. The van der Waals surface area contributed by atoms with Gasteiger partial charge in [0, 0.05) is 31.6 Å². The maximum atomic E-state index is 14.0. The van der Waals surface area contributed by atoms with E-state index in [1.54, 1.807) is 6.20 Å². The van der Waals surface area contributed by atoms with Crippen LogP contribution in [0.4, 0.5) is 10.2 Å². The number of carboxylic acid groups (broad SMARTS) is 1. The van der Waals surface area contributed by atoms with Crippen LogP contribution in [0.25, 0.3) is 0 Å². The van der Waals surface area contributed by atoms with Gasteiger partial charge in [-0.2, -0.15) is 0 Å². The fourth-order valence-corrected chi connectivity index (χ4v) is 6.30. The average molecular weight is 554 g/mol. The molecule has 2 saturated heterocycles. The third-order valence-corrected chi connectivity index (χ3v) is 8.72. The van der Waals surface area contributed by atoms with Gasteiger partial charge in [0.25, 0.3) is 5.91 Å². The first kappa shape index (κ1) is 28.3. The summed E-state index contributed by atoms with van der Waals surface area (Å²) in [5.41, 5.74) is 0.386. The number of hydrogen-bond acceptors (Lipinski definition) is 7. The van der Waals surface area contributed by atoms with E-state index < -0.39 is 11.8 Å². The number of halogens is 1. The van der Waals surface area contributed by atoms with Crippen LogP contribution in [0, 0.1) is 29.0 Å². The van der Waals surface area contributed by atoms with E-state index in [-0.39, 0.29) is 34.5 Å². The molecule has 5 rings (SSSR count). The predicted molar refractivity (Wildman–Crippen MR) is 149 cm³/mol. The summed E-state index contributed by atoms with van der Waals surface area (Å²) in [5.74, 6) is 0.561. The van der Waals surface area contributed by atoms with Crippen LogP contribution in [0.1, 0.15) is 62.7 Å². The molecule has 1 aliphatic carbocycles. The molecule has 3 fully saturated rings. The first-order chi connectivity index (χ1) is 19.2. The zero-order valence-corrected chi connectivity index (χ0v) is 23.4. The SMILES string of the molecule is CC(C)CNC(=O)c1cc(F)ccc1Oc1cncnc1N1CC2(CCN(CC3CCC(C(=O)O)CC3)CC2)C1. The summed E-state index contributed by atoms with van der Waals surface area (Å²) in [6.45, 7) is 9.42. The summed E-state index contributed by atoms with van der Waals surface area (Å²) in [6, 6.07) is 3.94. The number of nitrogens with zero attached hydrogens (tertiary/aromatic N) is 4. The lowest BCUT2D eigenvalue weighted by atomic mass is 9.71. The van der Waals surface area contributed by atoms with E-state index in [1.807, 2.05) is 13.8 Å². The number of carbonyl (C=O) groups excluding carboxylic acids is 1. The molecule has 1 aromatic heterocycles. The number of benzene rings is 1. The second kappa shape index (κ2) is 12.1. The van der Waals surface area contributed by atoms with Crippen LogP contribution in [-0.2, 0) is 4.79 Å². The van der Waals surface area contributed by atoms with Crippen molar-refractivity contribution in [3.8, 4) is 11.5 Å². The number of piperidine rings is 1. The van der Waals surface area contributed by atoms with Gasteiger partial charge in [0.1, 0.15) is 17.9 Å². The van der Waals surface area contributed by atoms with E-state index in [0.29, 0.717) is 24.0 Å². The number of ether oxygens (including phenoxy) is 1. The molecule has 40 heavy (non-hydrogen) atoms. The number of aliphatic carboxylic acids is 1. The summed E-state index contributed by atoms with van der Waals surface area (Å²) in [5, 5.41) is 12.1. The molecule has 0 atom stereocenters. The van der Waals surface area contributed by atoms with Crippen LogP contribution in [0.15, 0.2) is 30.7 Å². The molecule has 2 N–H and O–H groups in total. The topological polar surface area (TPSA) is 108 Å². The van der Waals surface area contributed by atoms with Crippen LogP contribution < -0.4 is 15.0 Å². The normalized spacial score (nSPS) is 22.6. The summed E-state index contributed by atoms with van der Waals surface area (Å²) < 4.78 is 20.2. The van der Waals surface area contributed by atoms with Gasteiger partial charge in [0.15, 0.2) is 11.6 Å².